The summed E-state index contributed by atoms with van der Waals surface area (Å²) in [5, 5.41) is 0.443. The van der Waals surface area contributed by atoms with Crippen LogP contribution in [0.15, 0.2) is 75.0 Å². The lowest BCUT2D eigenvalue weighted by molar-refractivity contribution is 0.0468. The van der Waals surface area contributed by atoms with E-state index in [1.807, 2.05) is 83.9 Å². The number of hydrogen-bond acceptors (Lipinski definition) is 4. The molecular formula is C28H27N5O4. The Balaban J connectivity index is 1.73. The third-order valence-electron chi connectivity index (χ3n) is 7.46. The van der Waals surface area contributed by atoms with Gasteiger partial charge in [0.1, 0.15) is 6.10 Å². The molecule has 0 fully saturated rings. The van der Waals surface area contributed by atoms with E-state index in [-0.39, 0.29) is 11.1 Å². The molecule has 0 bridgehead atoms. The Labute approximate surface area is 212 Å². The molecule has 0 spiro atoms. The largest absolute Gasteiger partial charge is 0.365 e. The highest BCUT2D eigenvalue weighted by molar-refractivity contribution is 5.96. The molecule has 0 aliphatic carbocycles. The van der Waals surface area contributed by atoms with Crippen LogP contribution in [0.4, 0.5) is 0 Å². The first-order chi connectivity index (χ1) is 17.8. The fraction of sp³-hybridized carbons (Fsp3) is 0.250. The number of ether oxygens (including phenoxy) is 1. The maximum absolute atomic E-state index is 13.9. The van der Waals surface area contributed by atoms with Gasteiger partial charge in [0.2, 0.25) is 0 Å². The molecule has 0 saturated carbocycles. The lowest BCUT2D eigenvalue weighted by atomic mass is 10.0. The molecule has 0 radical (unpaired) electrons. The standard InChI is InChI=1S/C28H27N5O4/c1-17-20(27(35)33(31(17)4)19-13-9-6-10-14-19)25-24-23-21(26(34)30(3)28(36)29(23)2)22(32(24)15-16-37-25)18-11-7-5-8-12-18/h5-14,25H,15-16H2,1-4H3. The Hall–Kier alpha value is -4.37. The topological polar surface area (TPSA) is 85.1 Å². The Kier molecular flexibility index (Phi) is 5.20. The van der Waals surface area contributed by atoms with Crippen molar-refractivity contribution in [3.05, 3.63) is 109 Å². The summed E-state index contributed by atoms with van der Waals surface area (Å²) in [5.74, 6) is 0. The van der Waals surface area contributed by atoms with Crippen molar-refractivity contribution in [1.82, 2.24) is 23.1 Å². The lowest BCUT2D eigenvalue weighted by Crippen LogP contribution is -2.37. The van der Waals surface area contributed by atoms with E-state index in [1.54, 1.807) is 11.7 Å². The highest BCUT2D eigenvalue weighted by Gasteiger charge is 2.36. The van der Waals surface area contributed by atoms with Gasteiger partial charge in [-0.2, -0.15) is 0 Å². The van der Waals surface area contributed by atoms with Gasteiger partial charge in [-0.15, -0.1) is 0 Å². The van der Waals surface area contributed by atoms with E-state index >= 15 is 0 Å². The molecule has 37 heavy (non-hydrogen) atoms. The fourth-order valence-corrected chi connectivity index (χ4v) is 5.59. The SMILES string of the molecule is Cc1c(C2OCCn3c(-c4ccccc4)c4c(=O)n(C)c(=O)n(C)c4c32)c(=O)n(-c2ccccc2)n1C. The summed E-state index contributed by atoms with van der Waals surface area (Å²) in [6.07, 6.45) is -0.755. The molecule has 1 aliphatic heterocycles. The van der Waals surface area contributed by atoms with Crippen molar-refractivity contribution in [3.63, 3.8) is 0 Å². The normalized spacial score (nSPS) is 15.3. The molecule has 9 heteroatoms. The predicted molar refractivity (Wildman–Crippen MR) is 141 cm³/mol. The number of para-hydroxylation sites is 1. The highest BCUT2D eigenvalue weighted by Crippen LogP contribution is 2.40. The van der Waals surface area contributed by atoms with Crippen molar-refractivity contribution in [1.29, 1.82) is 0 Å². The van der Waals surface area contributed by atoms with Gasteiger partial charge in [0, 0.05) is 33.4 Å². The average Bonchev–Trinajstić information content (AvgIpc) is 3.38. The summed E-state index contributed by atoms with van der Waals surface area (Å²) in [6.45, 7) is 2.73. The number of rotatable bonds is 3. The van der Waals surface area contributed by atoms with Gasteiger partial charge in [-0.05, 0) is 24.6 Å². The van der Waals surface area contributed by atoms with E-state index in [9.17, 15) is 14.4 Å². The molecule has 1 atom stereocenters. The Morgan fingerprint density at radius 3 is 2.16 bits per heavy atom. The number of aryl methyl sites for hydroxylation is 1. The minimum absolute atomic E-state index is 0.200. The quantitative estimate of drug-likeness (QED) is 0.384. The van der Waals surface area contributed by atoms with Crippen LogP contribution in [0, 0.1) is 6.92 Å². The molecule has 3 aromatic heterocycles. The molecule has 6 rings (SSSR count). The zero-order chi connectivity index (χ0) is 26.0. The molecule has 1 unspecified atom stereocenters. The van der Waals surface area contributed by atoms with Gasteiger partial charge in [-0.1, -0.05) is 48.5 Å². The molecule has 1 aliphatic rings. The van der Waals surface area contributed by atoms with E-state index < -0.39 is 11.8 Å². The van der Waals surface area contributed by atoms with Gasteiger partial charge >= 0.3 is 5.69 Å². The number of nitrogens with zero attached hydrogens (tertiary/aromatic N) is 5. The molecule has 2 aromatic carbocycles. The first-order valence-corrected chi connectivity index (χ1v) is 12.2. The van der Waals surface area contributed by atoms with Crippen LogP contribution in [-0.4, -0.2) is 29.7 Å². The maximum atomic E-state index is 13.9. The van der Waals surface area contributed by atoms with Crippen LogP contribution in [0.1, 0.15) is 23.1 Å². The number of fused-ring (bicyclic) bond motifs is 3. The summed E-state index contributed by atoms with van der Waals surface area (Å²) in [5.41, 5.74) is 3.70. The van der Waals surface area contributed by atoms with E-state index in [1.165, 1.54) is 11.6 Å². The van der Waals surface area contributed by atoms with Crippen LogP contribution >= 0.6 is 0 Å². The molecule has 5 aromatic rings. The molecule has 0 N–H and O–H groups in total. The van der Waals surface area contributed by atoms with E-state index in [2.05, 4.69) is 0 Å². The zero-order valence-corrected chi connectivity index (χ0v) is 21.1. The molecule has 9 nitrogen and oxygen atoms in total. The molecule has 4 heterocycles. The molecular weight excluding hydrogens is 470 g/mol. The summed E-state index contributed by atoms with van der Waals surface area (Å²) in [4.78, 5) is 40.5. The van der Waals surface area contributed by atoms with Gasteiger partial charge in [0.25, 0.3) is 11.1 Å². The number of hydrogen-bond donors (Lipinski definition) is 0. The fourth-order valence-electron chi connectivity index (χ4n) is 5.59. The van der Waals surface area contributed by atoms with E-state index in [0.717, 1.165) is 27.2 Å². The number of benzene rings is 2. The Morgan fingerprint density at radius 1 is 0.838 bits per heavy atom. The van der Waals surface area contributed by atoms with Crippen LogP contribution in [0.2, 0.25) is 0 Å². The van der Waals surface area contributed by atoms with Crippen molar-refractivity contribution < 1.29 is 4.74 Å². The lowest BCUT2D eigenvalue weighted by Gasteiger charge is -2.27. The summed E-state index contributed by atoms with van der Waals surface area (Å²) in [6, 6.07) is 19.1. The monoisotopic (exact) mass is 497 g/mol. The van der Waals surface area contributed by atoms with Crippen LogP contribution in [0.25, 0.3) is 27.8 Å². The molecule has 0 amide bonds. The average molecular weight is 498 g/mol. The minimum Gasteiger partial charge on any atom is -0.365 e. The summed E-state index contributed by atoms with van der Waals surface area (Å²) < 4.78 is 14.4. The number of aromatic nitrogens is 5. The van der Waals surface area contributed by atoms with Gasteiger partial charge in [-0.3, -0.25) is 23.4 Å². The van der Waals surface area contributed by atoms with Gasteiger partial charge in [0.05, 0.1) is 40.1 Å². The van der Waals surface area contributed by atoms with E-state index in [4.69, 9.17) is 4.74 Å². The third-order valence-corrected chi connectivity index (χ3v) is 7.46. The van der Waals surface area contributed by atoms with Crippen LogP contribution < -0.4 is 16.8 Å². The van der Waals surface area contributed by atoms with Crippen molar-refractivity contribution in [2.45, 2.75) is 19.6 Å². The Morgan fingerprint density at radius 2 is 1.49 bits per heavy atom. The van der Waals surface area contributed by atoms with Crippen LogP contribution in [-0.2, 0) is 32.4 Å². The van der Waals surface area contributed by atoms with Crippen LogP contribution in [0.3, 0.4) is 0 Å². The molecule has 188 valence electrons. The van der Waals surface area contributed by atoms with E-state index in [0.29, 0.717) is 35.3 Å². The third kappa shape index (κ3) is 3.17. The second-order valence-electron chi connectivity index (χ2n) is 9.41. The smallest absolute Gasteiger partial charge is 0.331 e. The highest BCUT2D eigenvalue weighted by atomic mass is 16.5. The van der Waals surface area contributed by atoms with Crippen LogP contribution in [0.5, 0.6) is 0 Å². The van der Waals surface area contributed by atoms with Crippen molar-refractivity contribution in [2.75, 3.05) is 6.61 Å². The zero-order valence-electron chi connectivity index (χ0n) is 21.1. The maximum Gasteiger partial charge on any atom is 0.331 e. The first kappa shape index (κ1) is 23.1. The second-order valence-corrected chi connectivity index (χ2v) is 9.41. The van der Waals surface area contributed by atoms with Crippen molar-refractivity contribution in [3.8, 4) is 16.9 Å². The summed E-state index contributed by atoms with van der Waals surface area (Å²) in [7, 11) is 4.99. The first-order valence-electron chi connectivity index (χ1n) is 12.2. The van der Waals surface area contributed by atoms with Crippen molar-refractivity contribution >= 4 is 10.9 Å². The second kappa shape index (κ2) is 8.35. The summed E-state index contributed by atoms with van der Waals surface area (Å²) >= 11 is 0. The molecule has 0 saturated heterocycles. The van der Waals surface area contributed by atoms with Gasteiger partial charge in [-0.25, -0.2) is 9.48 Å². The van der Waals surface area contributed by atoms with Gasteiger partial charge < -0.3 is 9.30 Å². The van der Waals surface area contributed by atoms with Crippen molar-refractivity contribution in [2.24, 2.45) is 21.1 Å². The minimum atomic E-state index is -0.755. The van der Waals surface area contributed by atoms with Gasteiger partial charge in [0.15, 0.2) is 0 Å². The predicted octanol–water partition coefficient (Wildman–Crippen LogP) is 2.62. The Bertz CT molecular complexity index is 1850.